The molecule has 0 atom stereocenters. The van der Waals surface area contributed by atoms with Crippen molar-refractivity contribution in [3.63, 3.8) is 0 Å². The van der Waals surface area contributed by atoms with Gasteiger partial charge in [0.15, 0.2) is 0 Å². The van der Waals surface area contributed by atoms with Gasteiger partial charge in [0.2, 0.25) is 0 Å². The fourth-order valence-electron chi connectivity index (χ4n) is 4.54. The lowest BCUT2D eigenvalue weighted by Gasteiger charge is -2.37. The maximum absolute atomic E-state index is 2.39. The highest BCUT2D eigenvalue weighted by molar-refractivity contribution is 7.59. The summed E-state index contributed by atoms with van der Waals surface area (Å²) >= 11 is 0. The molecule has 2 rings (SSSR count). The van der Waals surface area contributed by atoms with Gasteiger partial charge in [-0.15, -0.1) is 7.92 Å². The summed E-state index contributed by atoms with van der Waals surface area (Å²) < 4.78 is 0. The normalized spacial score (nSPS) is 22.2. The van der Waals surface area contributed by atoms with Crippen LogP contribution in [0.4, 0.5) is 0 Å². The highest BCUT2D eigenvalue weighted by atomic mass is 31.1. The van der Waals surface area contributed by atoms with Gasteiger partial charge in [-0.25, -0.2) is 0 Å². The molecule has 2 aliphatic rings. The maximum atomic E-state index is 2.39. The average molecular weight is 343 g/mol. The van der Waals surface area contributed by atoms with Gasteiger partial charge >= 0.3 is 0 Å². The van der Waals surface area contributed by atoms with E-state index in [1.54, 1.807) is 57.5 Å². The van der Waals surface area contributed by atoms with Crippen molar-refractivity contribution >= 4 is 7.92 Å². The minimum atomic E-state index is 0. The Bertz CT molecular complexity index is 212. The molecule has 0 aromatic heterocycles. The molecular weight excluding hydrogens is 295 g/mol. The van der Waals surface area contributed by atoms with Crippen molar-refractivity contribution in [1.29, 1.82) is 0 Å². The van der Waals surface area contributed by atoms with E-state index in [-0.39, 0.29) is 14.9 Å². The molecule has 140 valence electrons. The van der Waals surface area contributed by atoms with E-state index in [1.165, 1.54) is 51.4 Å². The Kier molecular flexibility index (Phi) is 15.0. The molecule has 2 fully saturated rings. The molecule has 0 heterocycles. The van der Waals surface area contributed by atoms with Crippen LogP contribution < -0.4 is 0 Å². The molecule has 0 spiro atoms. The maximum Gasteiger partial charge on any atom is -0.0207 e. The molecular formula is C22H47P. The highest BCUT2D eigenvalue weighted by Crippen LogP contribution is 2.54. The lowest BCUT2D eigenvalue weighted by atomic mass is 10.00. The van der Waals surface area contributed by atoms with Gasteiger partial charge < -0.3 is 0 Å². The van der Waals surface area contributed by atoms with Crippen molar-refractivity contribution in [2.75, 3.05) is 6.16 Å². The summed E-state index contributed by atoms with van der Waals surface area (Å²) in [5.41, 5.74) is 2.30. The van der Waals surface area contributed by atoms with Crippen LogP contribution in [0.15, 0.2) is 0 Å². The SMILES string of the molecule is C.C.CCCCP(C1CCCCCCC1)C1CCCCCCC1. The van der Waals surface area contributed by atoms with Crippen molar-refractivity contribution in [3.8, 4) is 0 Å². The van der Waals surface area contributed by atoms with Crippen molar-refractivity contribution in [2.45, 2.75) is 136 Å². The third-order valence-electron chi connectivity index (χ3n) is 5.86. The molecule has 0 aromatic rings. The molecule has 0 nitrogen and oxygen atoms in total. The van der Waals surface area contributed by atoms with Crippen molar-refractivity contribution in [1.82, 2.24) is 0 Å². The summed E-state index contributed by atoms with van der Waals surface area (Å²) in [6, 6.07) is 0. The minimum Gasteiger partial charge on any atom is -0.100 e. The fourth-order valence-corrected chi connectivity index (χ4v) is 8.60. The van der Waals surface area contributed by atoms with E-state index >= 15 is 0 Å². The Labute approximate surface area is 150 Å². The average Bonchev–Trinajstić information content (AvgIpc) is 2.41. The van der Waals surface area contributed by atoms with Gasteiger partial charge in [-0.2, -0.15) is 0 Å². The lowest BCUT2D eigenvalue weighted by molar-refractivity contribution is 0.488. The summed E-state index contributed by atoms with van der Waals surface area (Å²) in [4.78, 5) is 0. The van der Waals surface area contributed by atoms with Gasteiger partial charge in [0, 0.05) is 0 Å². The van der Waals surface area contributed by atoms with Crippen LogP contribution >= 0.6 is 7.92 Å². The third kappa shape index (κ3) is 8.90. The monoisotopic (exact) mass is 342 g/mol. The topological polar surface area (TPSA) is 0 Å². The summed E-state index contributed by atoms with van der Waals surface area (Å²) in [5.74, 6) is 0. The molecule has 0 amide bonds. The zero-order valence-corrected chi connectivity index (χ0v) is 15.5. The first-order chi connectivity index (χ1) is 10.4. The zero-order valence-electron chi connectivity index (χ0n) is 14.6. The van der Waals surface area contributed by atoms with Crippen molar-refractivity contribution in [2.24, 2.45) is 0 Å². The Morgan fingerprint density at radius 3 is 1.30 bits per heavy atom. The summed E-state index contributed by atoms with van der Waals surface area (Å²) in [5, 5.41) is 0. The number of unbranched alkanes of at least 4 members (excludes halogenated alkanes) is 1. The Morgan fingerprint density at radius 1 is 0.609 bits per heavy atom. The van der Waals surface area contributed by atoms with Crippen LogP contribution in [0.5, 0.6) is 0 Å². The smallest absolute Gasteiger partial charge is 0.0207 e. The van der Waals surface area contributed by atoms with Gasteiger partial charge in [0.05, 0.1) is 0 Å². The largest absolute Gasteiger partial charge is 0.100 e. The van der Waals surface area contributed by atoms with Gasteiger partial charge in [0.25, 0.3) is 0 Å². The van der Waals surface area contributed by atoms with Crippen LogP contribution in [-0.4, -0.2) is 17.5 Å². The number of hydrogen-bond acceptors (Lipinski definition) is 0. The first-order valence-electron chi connectivity index (χ1n) is 10.2. The second-order valence-corrected chi connectivity index (χ2v) is 10.5. The summed E-state index contributed by atoms with van der Waals surface area (Å²) in [7, 11) is 0.339. The Morgan fingerprint density at radius 2 is 0.957 bits per heavy atom. The van der Waals surface area contributed by atoms with Crippen molar-refractivity contribution < 1.29 is 0 Å². The molecule has 0 radical (unpaired) electrons. The Hall–Kier alpha value is 0.430. The molecule has 2 aliphatic carbocycles. The molecule has 0 unspecified atom stereocenters. The van der Waals surface area contributed by atoms with E-state index in [2.05, 4.69) is 6.92 Å². The van der Waals surface area contributed by atoms with Crippen LogP contribution in [0.3, 0.4) is 0 Å². The van der Waals surface area contributed by atoms with Crippen LogP contribution in [0.2, 0.25) is 0 Å². The van der Waals surface area contributed by atoms with E-state index in [4.69, 9.17) is 0 Å². The quantitative estimate of drug-likeness (QED) is 0.438. The predicted molar refractivity (Wildman–Crippen MR) is 112 cm³/mol. The Balaban J connectivity index is 0.00000242. The molecule has 2 saturated carbocycles. The zero-order chi connectivity index (χ0) is 14.8. The second kappa shape index (κ2) is 14.7. The van der Waals surface area contributed by atoms with E-state index < -0.39 is 0 Å². The lowest BCUT2D eigenvalue weighted by Crippen LogP contribution is -2.20. The highest BCUT2D eigenvalue weighted by Gasteiger charge is 2.28. The standard InChI is InChI=1S/C20H39P.2CH4/c1-2-3-18-21(19-14-10-6-4-7-11-15-19)20-16-12-8-5-9-13-17-20;;/h19-20H,2-18H2,1H3;2*1H4. The number of rotatable bonds is 5. The van der Waals surface area contributed by atoms with E-state index in [0.29, 0.717) is 7.92 Å². The van der Waals surface area contributed by atoms with E-state index in [9.17, 15) is 0 Å². The van der Waals surface area contributed by atoms with Crippen LogP contribution in [0, 0.1) is 0 Å². The van der Waals surface area contributed by atoms with Gasteiger partial charge in [0.1, 0.15) is 0 Å². The molecule has 0 bridgehead atoms. The van der Waals surface area contributed by atoms with Gasteiger partial charge in [-0.05, 0) is 49.6 Å². The molecule has 23 heavy (non-hydrogen) atoms. The molecule has 0 aromatic carbocycles. The summed E-state index contributed by atoms with van der Waals surface area (Å²) in [6.45, 7) is 2.39. The molecule has 0 aliphatic heterocycles. The van der Waals surface area contributed by atoms with E-state index in [1.807, 2.05) is 0 Å². The number of hydrogen-bond donors (Lipinski definition) is 0. The van der Waals surface area contributed by atoms with E-state index in [0.717, 1.165) is 11.3 Å². The first kappa shape index (κ1) is 23.4. The molecule has 0 N–H and O–H groups in total. The minimum absolute atomic E-state index is 0. The second-order valence-electron chi connectivity index (χ2n) is 7.59. The van der Waals surface area contributed by atoms with Crippen molar-refractivity contribution in [3.05, 3.63) is 0 Å². The predicted octanol–water partition coefficient (Wildman–Crippen LogP) is 8.77. The van der Waals surface area contributed by atoms with Crippen LogP contribution in [0.25, 0.3) is 0 Å². The van der Waals surface area contributed by atoms with Crippen LogP contribution in [-0.2, 0) is 0 Å². The molecule has 1 heteroatoms. The van der Waals surface area contributed by atoms with Gasteiger partial charge in [-0.3, -0.25) is 0 Å². The molecule has 0 saturated heterocycles. The third-order valence-corrected chi connectivity index (χ3v) is 9.60. The van der Waals surface area contributed by atoms with Gasteiger partial charge in [-0.1, -0.05) is 92.4 Å². The first-order valence-corrected chi connectivity index (χ1v) is 11.8. The van der Waals surface area contributed by atoms with Crippen LogP contribution in [0.1, 0.15) is 125 Å². The fraction of sp³-hybridized carbons (Fsp3) is 1.00. The summed E-state index contributed by atoms with van der Waals surface area (Å²) in [6.07, 6.45) is 26.2.